The summed E-state index contributed by atoms with van der Waals surface area (Å²) in [7, 11) is 0. The van der Waals surface area contributed by atoms with Crippen molar-refractivity contribution in [1.82, 2.24) is 10.2 Å². The van der Waals surface area contributed by atoms with Crippen molar-refractivity contribution in [2.75, 3.05) is 31.1 Å². The van der Waals surface area contributed by atoms with Crippen LogP contribution in [-0.2, 0) is 4.79 Å². The highest BCUT2D eigenvalue weighted by Gasteiger charge is 2.56. The quantitative estimate of drug-likeness (QED) is 0.840. The number of alkyl halides is 1. The van der Waals surface area contributed by atoms with E-state index in [0.29, 0.717) is 19.2 Å². The monoisotopic (exact) mass is 389 g/mol. The molecule has 2 aliphatic heterocycles. The zero-order valence-corrected chi connectivity index (χ0v) is 14.9. The number of carbonyl (C=O) groups excluding carboxylic acids is 1. The molecule has 1 aliphatic carbocycles. The summed E-state index contributed by atoms with van der Waals surface area (Å²) in [5.74, 6) is -1.47. The Morgan fingerprint density at radius 2 is 1.93 bits per heavy atom. The second kappa shape index (κ2) is 6.99. The number of piperidine rings is 1. The summed E-state index contributed by atoms with van der Waals surface area (Å²) >= 11 is 0. The third kappa shape index (κ3) is 3.16. The third-order valence-corrected chi connectivity index (χ3v) is 5.89. The number of fused-ring (bicyclic) bond motifs is 1. The van der Waals surface area contributed by atoms with Crippen LogP contribution in [0.25, 0.3) is 0 Å². The summed E-state index contributed by atoms with van der Waals surface area (Å²) in [6, 6.07) is 4.98. The van der Waals surface area contributed by atoms with Gasteiger partial charge in [-0.3, -0.25) is 4.79 Å². The van der Waals surface area contributed by atoms with Crippen molar-refractivity contribution in [3.05, 3.63) is 29.3 Å². The van der Waals surface area contributed by atoms with Crippen LogP contribution in [0.4, 0.5) is 18.9 Å². The van der Waals surface area contributed by atoms with Crippen LogP contribution in [0, 0.1) is 46.1 Å². The molecule has 9 heteroatoms. The predicted octanol–water partition coefficient (Wildman–Crippen LogP) is 1.32. The zero-order chi connectivity index (χ0) is 20.0. The van der Waals surface area contributed by atoms with E-state index in [9.17, 15) is 18.0 Å². The maximum Gasteiger partial charge on any atom is 0.237 e. The van der Waals surface area contributed by atoms with Gasteiger partial charge in [0, 0.05) is 31.6 Å². The zero-order valence-electron chi connectivity index (χ0n) is 14.9. The number of benzene rings is 1. The van der Waals surface area contributed by atoms with Crippen LogP contribution in [0.5, 0.6) is 0 Å². The molecule has 146 valence electrons. The molecule has 2 heterocycles. The van der Waals surface area contributed by atoms with E-state index in [-0.39, 0.29) is 54.5 Å². The number of hydrogen-bond acceptors (Lipinski definition) is 5. The summed E-state index contributed by atoms with van der Waals surface area (Å²) < 4.78 is 40.8. The van der Waals surface area contributed by atoms with Gasteiger partial charge in [-0.2, -0.15) is 10.5 Å². The number of carbonyl (C=O) groups is 1. The molecule has 2 unspecified atom stereocenters. The molecule has 4 atom stereocenters. The molecule has 3 fully saturated rings. The van der Waals surface area contributed by atoms with Crippen LogP contribution >= 0.6 is 0 Å². The molecular weight excluding hydrogens is 371 g/mol. The van der Waals surface area contributed by atoms with Gasteiger partial charge in [0.25, 0.3) is 0 Å². The highest BCUT2D eigenvalue weighted by Crippen LogP contribution is 2.47. The SMILES string of the molecule is N#Cc1c(F)cc(F)cc1N1CC2C(C1)C2NCC(=O)N1C[C@@H](F)C[C@H]1C#N. The van der Waals surface area contributed by atoms with Crippen LogP contribution in [0.15, 0.2) is 12.1 Å². The molecule has 1 saturated carbocycles. The number of nitrogens with zero attached hydrogens (tertiary/aromatic N) is 4. The summed E-state index contributed by atoms with van der Waals surface area (Å²) in [5, 5.41) is 21.3. The van der Waals surface area contributed by atoms with Gasteiger partial charge in [-0.15, -0.1) is 0 Å². The van der Waals surface area contributed by atoms with Crippen molar-refractivity contribution in [2.45, 2.75) is 24.7 Å². The van der Waals surface area contributed by atoms with Gasteiger partial charge in [-0.05, 0) is 17.9 Å². The first-order valence-corrected chi connectivity index (χ1v) is 9.13. The van der Waals surface area contributed by atoms with Crippen LogP contribution < -0.4 is 10.2 Å². The van der Waals surface area contributed by atoms with E-state index in [1.165, 1.54) is 11.0 Å². The first kappa shape index (κ1) is 18.6. The smallest absolute Gasteiger partial charge is 0.237 e. The van der Waals surface area contributed by atoms with E-state index >= 15 is 0 Å². The maximum atomic E-state index is 13.8. The molecular formula is C19H18F3N5O. The molecule has 0 radical (unpaired) electrons. The minimum atomic E-state index is -1.16. The van der Waals surface area contributed by atoms with Crippen molar-refractivity contribution in [3.8, 4) is 12.1 Å². The highest BCUT2D eigenvalue weighted by molar-refractivity contribution is 5.79. The molecule has 28 heavy (non-hydrogen) atoms. The van der Waals surface area contributed by atoms with Gasteiger partial charge < -0.3 is 15.1 Å². The lowest BCUT2D eigenvalue weighted by atomic mass is 10.1. The third-order valence-electron chi connectivity index (χ3n) is 5.89. The average Bonchev–Trinajstić information content (AvgIpc) is 2.98. The number of amides is 1. The first-order chi connectivity index (χ1) is 13.4. The standard InChI is InChI=1S/C19H18F3N5O/c20-10-2-16(22)13(5-24)17(3-10)26-8-14-15(9-26)19(14)25-6-18(28)27-7-11(21)1-12(27)4-23/h2-3,11-12,14-15,19,25H,1,6-9H2/t11-,12-,14?,15?,19?/m0/s1. The van der Waals surface area contributed by atoms with Crippen LogP contribution in [0.2, 0.25) is 0 Å². The highest BCUT2D eigenvalue weighted by atomic mass is 19.1. The Bertz CT molecular complexity index is 883. The van der Waals surface area contributed by atoms with Crippen molar-refractivity contribution in [3.63, 3.8) is 0 Å². The van der Waals surface area contributed by atoms with E-state index in [1.54, 1.807) is 11.0 Å². The Kier molecular flexibility index (Phi) is 4.64. The fourth-order valence-electron chi connectivity index (χ4n) is 4.44. The van der Waals surface area contributed by atoms with E-state index in [0.717, 1.165) is 0 Å². The Balaban J connectivity index is 1.32. The van der Waals surface area contributed by atoms with E-state index in [1.807, 2.05) is 6.07 Å². The minimum absolute atomic E-state index is 0.0284. The molecule has 0 aromatic heterocycles. The molecule has 2 saturated heterocycles. The molecule has 4 rings (SSSR count). The van der Waals surface area contributed by atoms with Gasteiger partial charge in [0.05, 0.1) is 24.8 Å². The van der Waals surface area contributed by atoms with Crippen molar-refractivity contribution in [2.24, 2.45) is 11.8 Å². The minimum Gasteiger partial charge on any atom is -0.370 e. The Labute approximate surface area is 160 Å². The van der Waals surface area contributed by atoms with Crippen LogP contribution in [-0.4, -0.2) is 55.2 Å². The van der Waals surface area contributed by atoms with E-state index in [4.69, 9.17) is 10.5 Å². The van der Waals surface area contributed by atoms with Gasteiger partial charge in [0.15, 0.2) is 0 Å². The number of anilines is 1. The lowest BCUT2D eigenvalue weighted by Gasteiger charge is -2.24. The molecule has 0 bridgehead atoms. The van der Waals surface area contributed by atoms with Gasteiger partial charge in [0.2, 0.25) is 5.91 Å². The van der Waals surface area contributed by atoms with Gasteiger partial charge in [-0.25, -0.2) is 13.2 Å². The van der Waals surface area contributed by atoms with Gasteiger partial charge in [-0.1, -0.05) is 0 Å². The second-order valence-corrected chi connectivity index (χ2v) is 7.56. The van der Waals surface area contributed by atoms with Crippen molar-refractivity contribution < 1.29 is 18.0 Å². The van der Waals surface area contributed by atoms with Gasteiger partial charge >= 0.3 is 0 Å². The maximum absolute atomic E-state index is 13.8. The Morgan fingerprint density at radius 1 is 1.21 bits per heavy atom. The number of nitriles is 2. The summed E-state index contributed by atoms with van der Waals surface area (Å²) in [6.07, 6.45) is -1.11. The van der Waals surface area contributed by atoms with Crippen molar-refractivity contribution in [1.29, 1.82) is 10.5 Å². The van der Waals surface area contributed by atoms with Crippen LogP contribution in [0.1, 0.15) is 12.0 Å². The number of nitrogens with one attached hydrogen (secondary N) is 1. The largest absolute Gasteiger partial charge is 0.370 e. The number of hydrogen-bond donors (Lipinski definition) is 1. The first-order valence-electron chi connectivity index (χ1n) is 9.13. The summed E-state index contributed by atoms with van der Waals surface area (Å²) in [5.41, 5.74) is 0.0877. The van der Waals surface area contributed by atoms with Crippen LogP contribution in [0.3, 0.4) is 0 Å². The number of likely N-dealkylation sites (tertiary alicyclic amines) is 1. The van der Waals surface area contributed by atoms with Gasteiger partial charge in [0.1, 0.15) is 35.5 Å². The number of rotatable bonds is 4. The lowest BCUT2D eigenvalue weighted by molar-refractivity contribution is -0.130. The Morgan fingerprint density at radius 3 is 2.57 bits per heavy atom. The van der Waals surface area contributed by atoms with E-state index < -0.39 is 23.8 Å². The summed E-state index contributed by atoms with van der Waals surface area (Å²) in [4.78, 5) is 15.3. The lowest BCUT2D eigenvalue weighted by Crippen LogP contribution is -2.43. The molecule has 1 aromatic carbocycles. The number of halogens is 3. The summed E-state index contributed by atoms with van der Waals surface area (Å²) in [6.45, 7) is 1.04. The second-order valence-electron chi connectivity index (χ2n) is 7.56. The molecule has 3 aliphatic rings. The fraction of sp³-hybridized carbons (Fsp3) is 0.526. The normalized spacial score (nSPS) is 30.7. The van der Waals surface area contributed by atoms with E-state index in [2.05, 4.69) is 5.32 Å². The fourth-order valence-corrected chi connectivity index (χ4v) is 4.44. The molecule has 1 aromatic rings. The van der Waals surface area contributed by atoms with Crippen molar-refractivity contribution >= 4 is 11.6 Å². The molecule has 6 nitrogen and oxygen atoms in total. The topological polar surface area (TPSA) is 83.2 Å². The Hall–Kier alpha value is -2.78. The average molecular weight is 389 g/mol. The predicted molar refractivity (Wildman–Crippen MR) is 92.7 cm³/mol. The molecule has 1 amide bonds. The molecule has 1 N–H and O–H groups in total. The molecule has 0 spiro atoms.